The number of piperidine rings is 1. The normalized spacial score (nSPS) is 17.0. The minimum atomic E-state index is -0.494. The van der Waals surface area contributed by atoms with Gasteiger partial charge in [-0.2, -0.15) is 0 Å². The van der Waals surface area contributed by atoms with Crippen LogP contribution in [0.25, 0.3) is 0 Å². The Morgan fingerprint density at radius 2 is 2.00 bits per heavy atom. The molecule has 4 nitrogen and oxygen atoms in total. The standard InChI is InChI=1S/C21H25ClN2O2/c1-2-26-20(25)21(14-18-7-3-4-8-19(18)22)9-12-24(13-10-21)16-17-6-5-11-23-15-17/h3-8,11,15H,2,9-10,12-14,16H2,1H3. The van der Waals surface area contributed by atoms with E-state index in [0.717, 1.165) is 38.0 Å². The molecule has 0 atom stereocenters. The topological polar surface area (TPSA) is 42.4 Å². The van der Waals surface area contributed by atoms with Crippen molar-refractivity contribution in [1.82, 2.24) is 9.88 Å². The van der Waals surface area contributed by atoms with E-state index < -0.39 is 5.41 Å². The molecule has 0 aliphatic carbocycles. The van der Waals surface area contributed by atoms with Crippen molar-refractivity contribution >= 4 is 17.6 Å². The van der Waals surface area contributed by atoms with Gasteiger partial charge in [-0.25, -0.2) is 0 Å². The molecule has 5 heteroatoms. The van der Waals surface area contributed by atoms with E-state index in [9.17, 15) is 4.79 Å². The molecule has 26 heavy (non-hydrogen) atoms. The Hall–Kier alpha value is -1.91. The van der Waals surface area contributed by atoms with Gasteiger partial charge in [-0.3, -0.25) is 14.7 Å². The summed E-state index contributed by atoms with van der Waals surface area (Å²) >= 11 is 6.35. The molecule has 0 bridgehead atoms. The van der Waals surface area contributed by atoms with Crippen LogP contribution < -0.4 is 0 Å². The number of likely N-dealkylation sites (tertiary alicyclic amines) is 1. The summed E-state index contributed by atoms with van der Waals surface area (Å²) in [4.78, 5) is 19.4. The van der Waals surface area contributed by atoms with Gasteiger partial charge >= 0.3 is 5.97 Å². The van der Waals surface area contributed by atoms with Crippen molar-refractivity contribution in [3.05, 3.63) is 64.9 Å². The summed E-state index contributed by atoms with van der Waals surface area (Å²) in [7, 11) is 0. The zero-order chi connectivity index (χ0) is 18.4. The first-order valence-corrected chi connectivity index (χ1v) is 9.53. The fourth-order valence-electron chi connectivity index (χ4n) is 3.63. The Morgan fingerprint density at radius 1 is 1.23 bits per heavy atom. The highest BCUT2D eigenvalue weighted by Gasteiger charge is 2.43. The molecule has 1 aromatic heterocycles. The highest BCUT2D eigenvalue weighted by Crippen LogP contribution is 2.38. The first-order chi connectivity index (χ1) is 12.6. The highest BCUT2D eigenvalue weighted by atomic mass is 35.5. The number of hydrogen-bond acceptors (Lipinski definition) is 4. The van der Waals surface area contributed by atoms with Crippen LogP contribution in [0.2, 0.25) is 5.02 Å². The van der Waals surface area contributed by atoms with Crippen LogP contribution in [0.15, 0.2) is 48.8 Å². The zero-order valence-electron chi connectivity index (χ0n) is 15.2. The van der Waals surface area contributed by atoms with Crippen LogP contribution in [0.1, 0.15) is 30.9 Å². The van der Waals surface area contributed by atoms with Crippen molar-refractivity contribution in [3.8, 4) is 0 Å². The van der Waals surface area contributed by atoms with Crippen molar-refractivity contribution in [2.45, 2.75) is 32.7 Å². The van der Waals surface area contributed by atoms with E-state index in [4.69, 9.17) is 16.3 Å². The second-order valence-corrected chi connectivity index (χ2v) is 7.31. The lowest BCUT2D eigenvalue weighted by Gasteiger charge is -2.40. The Bertz CT molecular complexity index is 728. The first kappa shape index (κ1) is 18.9. The van der Waals surface area contributed by atoms with Gasteiger partial charge < -0.3 is 4.74 Å². The number of pyridine rings is 1. The highest BCUT2D eigenvalue weighted by molar-refractivity contribution is 6.31. The maximum atomic E-state index is 12.8. The summed E-state index contributed by atoms with van der Waals surface area (Å²) in [6.07, 6.45) is 5.87. The fourth-order valence-corrected chi connectivity index (χ4v) is 3.84. The third-order valence-corrected chi connectivity index (χ3v) is 5.51. The molecule has 0 amide bonds. The van der Waals surface area contributed by atoms with Gasteiger partial charge in [0.2, 0.25) is 0 Å². The van der Waals surface area contributed by atoms with Gasteiger partial charge in [-0.05, 0) is 62.5 Å². The lowest BCUT2D eigenvalue weighted by molar-refractivity contribution is -0.158. The summed E-state index contributed by atoms with van der Waals surface area (Å²) in [5.41, 5.74) is 1.72. The van der Waals surface area contributed by atoms with Crippen molar-refractivity contribution in [1.29, 1.82) is 0 Å². The Balaban J connectivity index is 1.72. The van der Waals surface area contributed by atoms with Crippen LogP contribution in [0.5, 0.6) is 0 Å². The molecule has 3 rings (SSSR count). The van der Waals surface area contributed by atoms with Crippen LogP contribution in [-0.2, 0) is 22.5 Å². The number of halogens is 1. The van der Waals surface area contributed by atoms with Crippen LogP contribution in [-0.4, -0.2) is 35.5 Å². The van der Waals surface area contributed by atoms with Gasteiger partial charge in [0.25, 0.3) is 0 Å². The van der Waals surface area contributed by atoms with E-state index in [2.05, 4.69) is 16.0 Å². The van der Waals surface area contributed by atoms with Gasteiger partial charge in [0.05, 0.1) is 12.0 Å². The van der Waals surface area contributed by atoms with Crippen LogP contribution in [0.4, 0.5) is 0 Å². The zero-order valence-corrected chi connectivity index (χ0v) is 15.9. The lowest BCUT2D eigenvalue weighted by atomic mass is 9.73. The van der Waals surface area contributed by atoms with Crippen LogP contribution in [0.3, 0.4) is 0 Å². The number of carbonyl (C=O) groups is 1. The summed E-state index contributed by atoms with van der Waals surface area (Å²) in [5, 5.41) is 0.717. The SMILES string of the molecule is CCOC(=O)C1(Cc2ccccc2Cl)CCN(Cc2cccnc2)CC1. The number of rotatable bonds is 6. The number of hydrogen-bond donors (Lipinski definition) is 0. The van der Waals surface area contributed by atoms with E-state index in [0.29, 0.717) is 18.1 Å². The number of carbonyl (C=O) groups excluding carboxylic acids is 1. The molecular weight excluding hydrogens is 348 g/mol. The fraction of sp³-hybridized carbons (Fsp3) is 0.429. The van der Waals surface area contributed by atoms with Crippen LogP contribution >= 0.6 is 11.6 Å². The lowest BCUT2D eigenvalue weighted by Crippen LogP contribution is -2.46. The molecule has 0 unspecified atom stereocenters. The average Bonchev–Trinajstić information content (AvgIpc) is 2.66. The molecule has 1 aromatic carbocycles. The molecule has 2 heterocycles. The molecular formula is C21H25ClN2O2. The summed E-state index contributed by atoms with van der Waals surface area (Å²) in [6, 6.07) is 11.8. The predicted molar refractivity (Wildman–Crippen MR) is 103 cm³/mol. The Labute approximate surface area is 160 Å². The quantitative estimate of drug-likeness (QED) is 0.715. The summed E-state index contributed by atoms with van der Waals surface area (Å²) in [6.45, 7) is 4.84. The van der Waals surface area contributed by atoms with Crippen LogP contribution in [0, 0.1) is 5.41 Å². The number of aromatic nitrogens is 1. The number of nitrogens with zero attached hydrogens (tertiary/aromatic N) is 2. The Morgan fingerprint density at radius 3 is 2.65 bits per heavy atom. The predicted octanol–water partition coefficient (Wildman–Crippen LogP) is 4.12. The molecule has 1 saturated heterocycles. The molecule has 0 saturated carbocycles. The summed E-state index contributed by atoms with van der Waals surface area (Å²) in [5.74, 6) is -0.0963. The van der Waals surface area contributed by atoms with Crippen molar-refractivity contribution in [3.63, 3.8) is 0 Å². The van der Waals surface area contributed by atoms with Crippen molar-refractivity contribution in [2.75, 3.05) is 19.7 Å². The monoisotopic (exact) mass is 372 g/mol. The molecule has 0 radical (unpaired) electrons. The molecule has 0 N–H and O–H groups in total. The average molecular weight is 373 g/mol. The van der Waals surface area contributed by atoms with Gasteiger partial charge in [-0.15, -0.1) is 0 Å². The number of ether oxygens (including phenoxy) is 1. The van der Waals surface area contributed by atoms with Gasteiger partial charge in [0, 0.05) is 24.0 Å². The maximum Gasteiger partial charge on any atom is 0.312 e. The van der Waals surface area contributed by atoms with E-state index in [1.165, 1.54) is 5.56 Å². The van der Waals surface area contributed by atoms with Crippen molar-refractivity contribution in [2.24, 2.45) is 5.41 Å². The van der Waals surface area contributed by atoms with E-state index >= 15 is 0 Å². The largest absolute Gasteiger partial charge is 0.466 e. The minimum Gasteiger partial charge on any atom is -0.466 e. The molecule has 1 aliphatic heterocycles. The van der Waals surface area contributed by atoms with Crippen molar-refractivity contribution < 1.29 is 9.53 Å². The molecule has 0 spiro atoms. The minimum absolute atomic E-state index is 0.0963. The number of esters is 1. The number of benzene rings is 1. The molecule has 1 aliphatic rings. The third-order valence-electron chi connectivity index (χ3n) is 5.14. The van der Waals surface area contributed by atoms with Gasteiger partial charge in [-0.1, -0.05) is 35.9 Å². The molecule has 1 fully saturated rings. The molecule has 138 valence electrons. The third kappa shape index (κ3) is 4.43. The van der Waals surface area contributed by atoms with Gasteiger partial charge in [0.1, 0.15) is 0 Å². The Kier molecular flexibility index (Phi) is 6.28. The van der Waals surface area contributed by atoms with E-state index in [-0.39, 0.29) is 5.97 Å². The summed E-state index contributed by atoms with van der Waals surface area (Å²) < 4.78 is 5.44. The first-order valence-electron chi connectivity index (χ1n) is 9.15. The smallest absolute Gasteiger partial charge is 0.312 e. The molecule has 2 aromatic rings. The van der Waals surface area contributed by atoms with Gasteiger partial charge in [0.15, 0.2) is 0 Å². The second kappa shape index (κ2) is 8.65. The van der Waals surface area contributed by atoms with E-state index in [1.807, 2.05) is 43.5 Å². The van der Waals surface area contributed by atoms with E-state index in [1.54, 1.807) is 6.20 Å². The second-order valence-electron chi connectivity index (χ2n) is 6.91. The maximum absolute atomic E-state index is 12.8.